The third-order valence-electron chi connectivity index (χ3n) is 5.48. The first-order valence-corrected chi connectivity index (χ1v) is 10.4. The number of hydrogen-bond acceptors (Lipinski definition) is 4. The van der Waals surface area contributed by atoms with Crippen LogP contribution in [0, 0.1) is 5.92 Å². The van der Waals surface area contributed by atoms with E-state index in [1.807, 2.05) is 17.0 Å². The first-order chi connectivity index (χ1) is 13.3. The number of rotatable bonds is 7. The molecule has 2 amide bonds. The molecule has 1 aromatic heterocycles. The number of carbonyl (C=O) groups excluding carboxylic acids is 1. The van der Waals surface area contributed by atoms with Crippen LogP contribution in [0.15, 0.2) is 16.9 Å². The molecule has 7 heteroatoms. The van der Waals surface area contributed by atoms with E-state index in [0.717, 1.165) is 45.1 Å². The Morgan fingerprint density at radius 1 is 1.29 bits per heavy atom. The van der Waals surface area contributed by atoms with Crippen molar-refractivity contribution in [3.63, 3.8) is 0 Å². The van der Waals surface area contributed by atoms with Crippen LogP contribution < -0.4 is 10.9 Å². The molecule has 1 saturated carbocycles. The lowest BCUT2D eigenvalue weighted by Gasteiger charge is -2.30. The highest BCUT2D eigenvalue weighted by molar-refractivity contribution is 5.74. The van der Waals surface area contributed by atoms with Gasteiger partial charge in [-0.1, -0.05) is 20.8 Å². The molecule has 1 saturated heterocycles. The van der Waals surface area contributed by atoms with Crippen LogP contribution in [0.5, 0.6) is 0 Å². The molecular weight excluding hydrogens is 356 g/mol. The number of urea groups is 1. The maximum absolute atomic E-state index is 12.7. The number of aromatic nitrogens is 1. The van der Waals surface area contributed by atoms with Crippen molar-refractivity contribution in [3.8, 4) is 0 Å². The number of morpholine rings is 1. The van der Waals surface area contributed by atoms with Gasteiger partial charge < -0.3 is 19.9 Å². The van der Waals surface area contributed by atoms with E-state index in [0.29, 0.717) is 18.0 Å². The highest BCUT2D eigenvalue weighted by atomic mass is 16.5. The number of H-pyrrole nitrogens is 1. The van der Waals surface area contributed by atoms with Crippen LogP contribution in [0.2, 0.25) is 0 Å². The summed E-state index contributed by atoms with van der Waals surface area (Å²) < 4.78 is 5.39. The first kappa shape index (κ1) is 20.9. The summed E-state index contributed by atoms with van der Waals surface area (Å²) in [5.74, 6) is 0.630. The van der Waals surface area contributed by atoms with Crippen molar-refractivity contribution in [1.29, 1.82) is 0 Å². The van der Waals surface area contributed by atoms with Crippen molar-refractivity contribution >= 4 is 6.03 Å². The summed E-state index contributed by atoms with van der Waals surface area (Å²) in [6, 6.07) is 3.67. The summed E-state index contributed by atoms with van der Waals surface area (Å²) in [6.45, 7) is 12.2. The predicted molar refractivity (Wildman–Crippen MR) is 110 cm³/mol. The van der Waals surface area contributed by atoms with Gasteiger partial charge in [-0.15, -0.1) is 0 Å². The van der Waals surface area contributed by atoms with Gasteiger partial charge in [0, 0.05) is 55.9 Å². The smallest absolute Gasteiger partial charge is 0.317 e. The minimum absolute atomic E-state index is 0.0838. The Balaban J connectivity index is 1.54. The molecule has 1 aromatic rings. The lowest BCUT2D eigenvalue weighted by Crippen LogP contribution is -2.47. The standard InChI is InChI=1S/C21H34N4O3/c1-21(2,3)18-7-6-17(19(26)23-18)14-22-20(27)25(15-16-4-5-16)9-8-24-10-12-28-13-11-24/h6-7,16H,4-5,8-15H2,1-3H3,(H,22,27)(H,23,26). The SMILES string of the molecule is CC(C)(C)c1ccc(CNC(=O)N(CCN2CCOCC2)CC2CC2)c(=O)[nH]1. The average Bonchev–Trinajstić information content (AvgIpc) is 3.48. The van der Waals surface area contributed by atoms with Gasteiger partial charge >= 0.3 is 6.03 Å². The fourth-order valence-corrected chi connectivity index (χ4v) is 3.34. The maximum Gasteiger partial charge on any atom is 0.317 e. The van der Waals surface area contributed by atoms with Crippen molar-refractivity contribution in [2.75, 3.05) is 45.9 Å². The fraction of sp³-hybridized carbons (Fsp3) is 0.714. The van der Waals surface area contributed by atoms with E-state index in [1.165, 1.54) is 12.8 Å². The lowest BCUT2D eigenvalue weighted by atomic mass is 9.91. The van der Waals surface area contributed by atoms with Crippen molar-refractivity contribution in [2.24, 2.45) is 5.92 Å². The number of aromatic amines is 1. The van der Waals surface area contributed by atoms with Gasteiger partial charge in [-0.3, -0.25) is 9.69 Å². The molecule has 0 unspecified atom stereocenters. The Kier molecular flexibility index (Phi) is 6.78. The zero-order valence-corrected chi connectivity index (χ0v) is 17.4. The van der Waals surface area contributed by atoms with Crippen LogP contribution in [0.3, 0.4) is 0 Å². The van der Waals surface area contributed by atoms with Gasteiger partial charge in [0.05, 0.1) is 13.2 Å². The van der Waals surface area contributed by atoms with E-state index in [9.17, 15) is 9.59 Å². The van der Waals surface area contributed by atoms with Crippen molar-refractivity contribution in [2.45, 2.75) is 45.6 Å². The molecule has 2 aliphatic rings. The Labute approximate surface area is 167 Å². The number of hydrogen-bond donors (Lipinski definition) is 2. The van der Waals surface area contributed by atoms with E-state index in [2.05, 4.69) is 36.0 Å². The summed E-state index contributed by atoms with van der Waals surface area (Å²) in [7, 11) is 0. The van der Waals surface area contributed by atoms with Gasteiger partial charge in [-0.25, -0.2) is 4.79 Å². The normalized spacial score (nSPS) is 18.1. The predicted octanol–water partition coefficient (Wildman–Crippen LogP) is 1.93. The average molecular weight is 391 g/mol. The lowest BCUT2D eigenvalue weighted by molar-refractivity contribution is 0.0347. The number of ether oxygens (including phenoxy) is 1. The molecule has 0 bridgehead atoms. The van der Waals surface area contributed by atoms with Gasteiger partial charge in [0.15, 0.2) is 0 Å². The van der Waals surface area contributed by atoms with Gasteiger partial charge in [-0.05, 0) is 30.9 Å². The Morgan fingerprint density at radius 3 is 2.61 bits per heavy atom. The fourth-order valence-electron chi connectivity index (χ4n) is 3.34. The van der Waals surface area contributed by atoms with Gasteiger partial charge in [0.2, 0.25) is 0 Å². The van der Waals surface area contributed by atoms with E-state index in [-0.39, 0.29) is 23.6 Å². The molecule has 0 spiro atoms. The Morgan fingerprint density at radius 2 is 2.00 bits per heavy atom. The second-order valence-electron chi connectivity index (χ2n) is 8.98. The Hall–Kier alpha value is -1.86. The quantitative estimate of drug-likeness (QED) is 0.746. The van der Waals surface area contributed by atoms with Crippen molar-refractivity contribution in [3.05, 3.63) is 33.7 Å². The minimum atomic E-state index is -0.130. The first-order valence-electron chi connectivity index (χ1n) is 10.4. The number of carbonyl (C=O) groups is 1. The van der Waals surface area contributed by atoms with Crippen LogP contribution in [-0.2, 0) is 16.7 Å². The topological polar surface area (TPSA) is 77.7 Å². The maximum atomic E-state index is 12.7. The molecule has 2 heterocycles. The molecule has 3 rings (SSSR count). The summed E-state index contributed by atoms with van der Waals surface area (Å²) in [5, 5.41) is 2.94. The molecule has 28 heavy (non-hydrogen) atoms. The molecule has 2 fully saturated rings. The number of nitrogens with one attached hydrogen (secondary N) is 2. The van der Waals surface area contributed by atoms with Crippen LogP contribution in [-0.4, -0.2) is 66.8 Å². The second kappa shape index (κ2) is 9.09. The van der Waals surface area contributed by atoms with Gasteiger partial charge in [0.25, 0.3) is 5.56 Å². The summed E-state index contributed by atoms with van der Waals surface area (Å²) in [5.41, 5.74) is 1.24. The molecule has 1 aliphatic carbocycles. The summed E-state index contributed by atoms with van der Waals surface area (Å²) >= 11 is 0. The number of pyridine rings is 1. The van der Waals surface area contributed by atoms with Crippen LogP contribution in [0.1, 0.15) is 44.9 Å². The van der Waals surface area contributed by atoms with Crippen molar-refractivity contribution in [1.82, 2.24) is 20.1 Å². The third kappa shape index (κ3) is 6.07. The van der Waals surface area contributed by atoms with E-state index in [4.69, 9.17) is 4.74 Å². The summed E-state index contributed by atoms with van der Waals surface area (Å²) in [4.78, 5) is 32.3. The zero-order valence-electron chi connectivity index (χ0n) is 17.4. The van der Waals surface area contributed by atoms with Crippen LogP contribution in [0.4, 0.5) is 4.79 Å². The summed E-state index contributed by atoms with van der Waals surface area (Å²) in [6.07, 6.45) is 2.41. The largest absolute Gasteiger partial charge is 0.379 e. The molecule has 0 radical (unpaired) electrons. The number of nitrogens with zero attached hydrogens (tertiary/aromatic N) is 2. The molecule has 0 aromatic carbocycles. The molecular formula is C21H34N4O3. The second-order valence-corrected chi connectivity index (χ2v) is 8.98. The van der Waals surface area contributed by atoms with E-state index in [1.54, 1.807) is 0 Å². The Bertz CT molecular complexity index is 715. The van der Waals surface area contributed by atoms with Crippen LogP contribution in [0.25, 0.3) is 0 Å². The van der Waals surface area contributed by atoms with Gasteiger partial charge in [-0.2, -0.15) is 0 Å². The molecule has 7 nitrogen and oxygen atoms in total. The third-order valence-corrected chi connectivity index (χ3v) is 5.48. The van der Waals surface area contributed by atoms with Crippen molar-refractivity contribution < 1.29 is 9.53 Å². The molecule has 156 valence electrons. The highest BCUT2D eigenvalue weighted by Gasteiger charge is 2.27. The molecule has 2 N–H and O–H groups in total. The zero-order chi connectivity index (χ0) is 20.1. The monoisotopic (exact) mass is 390 g/mol. The minimum Gasteiger partial charge on any atom is -0.379 e. The molecule has 0 atom stereocenters. The highest BCUT2D eigenvalue weighted by Crippen LogP contribution is 2.29. The number of amides is 2. The van der Waals surface area contributed by atoms with Gasteiger partial charge in [0.1, 0.15) is 0 Å². The van der Waals surface area contributed by atoms with E-state index >= 15 is 0 Å². The van der Waals surface area contributed by atoms with Crippen LogP contribution >= 0.6 is 0 Å². The van der Waals surface area contributed by atoms with E-state index < -0.39 is 0 Å². The molecule has 1 aliphatic heterocycles.